The first-order valence-corrected chi connectivity index (χ1v) is 6.39. The summed E-state index contributed by atoms with van der Waals surface area (Å²) < 4.78 is 0. The number of pyridine rings is 1. The topological polar surface area (TPSA) is 80.0 Å². The molecule has 0 aliphatic heterocycles. The molecule has 1 saturated carbocycles. The number of rotatable bonds is 4. The molecule has 1 fully saturated rings. The first-order valence-electron chi connectivity index (χ1n) is 6.39. The van der Waals surface area contributed by atoms with E-state index >= 15 is 0 Å². The van der Waals surface area contributed by atoms with Crippen LogP contribution in [0, 0.1) is 0 Å². The maximum Gasteiger partial charge on any atom is 0.239 e. The molecule has 1 aromatic heterocycles. The van der Waals surface area contributed by atoms with Gasteiger partial charge >= 0.3 is 0 Å². The molecule has 1 aromatic carbocycles. The van der Waals surface area contributed by atoms with E-state index in [2.05, 4.69) is 15.6 Å². The Morgan fingerprint density at radius 3 is 3.00 bits per heavy atom. The first kappa shape index (κ1) is 11.8. The molecule has 0 saturated heterocycles. The van der Waals surface area contributed by atoms with Crippen molar-refractivity contribution >= 4 is 28.1 Å². The van der Waals surface area contributed by atoms with Crippen LogP contribution < -0.4 is 16.4 Å². The number of hydrogen-bond acceptors (Lipinski definition) is 4. The molecule has 19 heavy (non-hydrogen) atoms. The Morgan fingerprint density at radius 2 is 2.21 bits per heavy atom. The summed E-state index contributed by atoms with van der Waals surface area (Å²) in [6, 6.07) is 6.08. The number of amides is 1. The molecule has 5 nitrogen and oxygen atoms in total. The minimum atomic E-state index is 0.0109. The van der Waals surface area contributed by atoms with Crippen LogP contribution in [0.3, 0.4) is 0 Å². The summed E-state index contributed by atoms with van der Waals surface area (Å²) >= 11 is 0. The molecule has 0 atom stereocenters. The highest BCUT2D eigenvalue weighted by molar-refractivity contribution is 5.99. The molecule has 98 valence electrons. The van der Waals surface area contributed by atoms with Crippen LogP contribution in [0.5, 0.6) is 0 Å². The van der Waals surface area contributed by atoms with Gasteiger partial charge in [0.15, 0.2) is 0 Å². The number of anilines is 2. The predicted octanol–water partition coefficient (Wildman–Crippen LogP) is 1.51. The minimum absolute atomic E-state index is 0.0109. The van der Waals surface area contributed by atoms with Crippen LogP contribution >= 0.6 is 0 Å². The van der Waals surface area contributed by atoms with Gasteiger partial charge in [0, 0.05) is 29.2 Å². The molecule has 2 aromatic rings. The van der Waals surface area contributed by atoms with Crippen LogP contribution in [0.25, 0.3) is 10.8 Å². The molecular formula is C14H16N4O. The van der Waals surface area contributed by atoms with Crippen molar-refractivity contribution in [2.75, 3.05) is 17.6 Å². The normalized spacial score (nSPS) is 14.3. The number of nitrogens with one attached hydrogen (secondary N) is 2. The molecule has 0 radical (unpaired) electrons. The zero-order valence-electron chi connectivity index (χ0n) is 10.5. The van der Waals surface area contributed by atoms with Crippen LogP contribution in [0.1, 0.15) is 12.8 Å². The minimum Gasteiger partial charge on any atom is -0.397 e. The van der Waals surface area contributed by atoms with Gasteiger partial charge in [0.25, 0.3) is 0 Å². The summed E-state index contributed by atoms with van der Waals surface area (Å²) in [5.74, 6) is 0.0109. The van der Waals surface area contributed by atoms with E-state index in [9.17, 15) is 4.79 Å². The van der Waals surface area contributed by atoms with Crippen molar-refractivity contribution in [1.82, 2.24) is 10.3 Å². The molecular weight excluding hydrogens is 240 g/mol. The average molecular weight is 256 g/mol. The fourth-order valence-corrected chi connectivity index (χ4v) is 2.03. The van der Waals surface area contributed by atoms with Gasteiger partial charge in [-0.15, -0.1) is 0 Å². The van der Waals surface area contributed by atoms with Crippen molar-refractivity contribution < 1.29 is 4.79 Å². The Morgan fingerprint density at radius 1 is 1.37 bits per heavy atom. The van der Waals surface area contributed by atoms with E-state index in [1.54, 1.807) is 12.4 Å². The summed E-state index contributed by atoms with van der Waals surface area (Å²) in [4.78, 5) is 15.7. The molecule has 4 N–H and O–H groups in total. The number of carbonyl (C=O) groups excluding carboxylic acids is 1. The SMILES string of the molecule is Nc1c(NCC(=O)NC2CC2)ccc2cnccc12. The quantitative estimate of drug-likeness (QED) is 0.724. The van der Waals surface area contributed by atoms with Crippen molar-refractivity contribution in [3.05, 3.63) is 30.6 Å². The van der Waals surface area contributed by atoms with E-state index in [1.807, 2.05) is 18.2 Å². The zero-order valence-corrected chi connectivity index (χ0v) is 10.5. The Bertz CT molecular complexity index is 622. The Kier molecular flexibility index (Phi) is 2.95. The van der Waals surface area contributed by atoms with E-state index in [4.69, 9.17) is 5.73 Å². The molecule has 3 rings (SSSR count). The van der Waals surface area contributed by atoms with Gasteiger partial charge < -0.3 is 16.4 Å². The summed E-state index contributed by atoms with van der Waals surface area (Å²) in [6.45, 7) is 0.247. The van der Waals surface area contributed by atoms with Gasteiger partial charge in [-0.05, 0) is 25.0 Å². The second-order valence-corrected chi connectivity index (χ2v) is 4.82. The molecule has 1 amide bonds. The summed E-state index contributed by atoms with van der Waals surface area (Å²) in [6.07, 6.45) is 5.67. The number of nitrogens with two attached hydrogens (primary N) is 1. The van der Waals surface area contributed by atoms with Gasteiger partial charge in [-0.2, -0.15) is 0 Å². The molecule has 0 bridgehead atoms. The number of nitrogens with zero attached hydrogens (tertiary/aromatic N) is 1. The lowest BCUT2D eigenvalue weighted by Crippen LogP contribution is -2.31. The number of benzene rings is 1. The Balaban J connectivity index is 1.73. The standard InChI is InChI=1S/C14H16N4O/c15-14-11-5-6-16-7-9(11)1-4-12(14)17-8-13(19)18-10-2-3-10/h1,4-7,10,17H,2-3,8,15H2,(H,18,19). The second-order valence-electron chi connectivity index (χ2n) is 4.82. The first-order chi connectivity index (χ1) is 9.24. The van der Waals surface area contributed by atoms with Crippen LogP contribution in [0.15, 0.2) is 30.6 Å². The number of nitrogen functional groups attached to an aromatic ring is 1. The van der Waals surface area contributed by atoms with Crippen molar-refractivity contribution in [2.24, 2.45) is 0 Å². The molecule has 1 aliphatic rings. The van der Waals surface area contributed by atoms with Gasteiger partial charge in [0.1, 0.15) is 0 Å². The molecule has 1 heterocycles. The Labute approximate surface area is 111 Å². The molecule has 0 unspecified atom stereocenters. The van der Waals surface area contributed by atoms with E-state index in [0.717, 1.165) is 29.3 Å². The van der Waals surface area contributed by atoms with Crippen molar-refractivity contribution in [3.63, 3.8) is 0 Å². The third kappa shape index (κ3) is 2.59. The van der Waals surface area contributed by atoms with E-state index in [1.165, 1.54) is 0 Å². The van der Waals surface area contributed by atoms with Crippen molar-refractivity contribution in [1.29, 1.82) is 0 Å². The maximum atomic E-state index is 11.6. The summed E-state index contributed by atoms with van der Waals surface area (Å²) in [5.41, 5.74) is 7.53. The fourth-order valence-electron chi connectivity index (χ4n) is 2.03. The third-order valence-electron chi connectivity index (χ3n) is 3.24. The lowest BCUT2D eigenvalue weighted by molar-refractivity contribution is -0.119. The van der Waals surface area contributed by atoms with E-state index in [0.29, 0.717) is 11.7 Å². The zero-order chi connectivity index (χ0) is 13.2. The molecule has 0 spiro atoms. The highest BCUT2D eigenvalue weighted by Gasteiger charge is 2.22. The van der Waals surface area contributed by atoms with Crippen LogP contribution in [0.4, 0.5) is 11.4 Å². The van der Waals surface area contributed by atoms with Crippen LogP contribution in [-0.2, 0) is 4.79 Å². The number of hydrogen-bond donors (Lipinski definition) is 3. The van der Waals surface area contributed by atoms with Gasteiger partial charge in [-0.3, -0.25) is 9.78 Å². The predicted molar refractivity (Wildman–Crippen MR) is 75.8 cm³/mol. The lowest BCUT2D eigenvalue weighted by atomic mass is 10.1. The van der Waals surface area contributed by atoms with Gasteiger partial charge in [-0.1, -0.05) is 6.07 Å². The van der Waals surface area contributed by atoms with E-state index in [-0.39, 0.29) is 12.5 Å². The van der Waals surface area contributed by atoms with Crippen LogP contribution in [-0.4, -0.2) is 23.5 Å². The molecule has 5 heteroatoms. The van der Waals surface area contributed by atoms with Crippen molar-refractivity contribution in [2.45, 2.75) is 18.9 Å². The summed E-state index contributed by atoms with van der Waals surface area (Å²) in [5, 5.41) is 7.95. The van der Waals surface area contributed by atoms with Crippen LogP contribution in [0.2, 0.25) is 0 Å². The van der Waals surface area contributed by atoms with Gasteiger partial charge in [0.2, 0.25) is 5.91 Å². The number of aromatic nitrogens is 1. The highest BCUT2D eigenvalue weighted by atomic mass is 16.2. The molecule has 1 aliphatic carbocycles. The number of fused-ring (bicyclic) bond motifs is 1. The average Bonchev–Trinajstić information content (AvgIpc) is 3.22. The fraction of sp³-hybridized carbons (Fsp3) is 0.286. The lowest BCUT2D eigenvalue weighted by Gasteiger charge is -2.11. The Hall–Kier alpha value is -2.30. The maximum absolute atomic E-state index is 11.6. The van der Waals surface area contributed by atoms with Gasteiger partial charge in [0.05, 0.1) is 17.9 Å². The second kappa shape index (κ2) is 4.76. The summed E-state index contributed by atoms with van der Waals surface area (Å²) in [7, 11) is 0. The third-order valence-corrected chi connectivity index (χ3v) is 3.24. The smallest absolute Gasteiger partial charge is 0.239 e. The largest absolute Gasteiger partial charge is 0.397 e. The number of carbonyl (C=O) groups is 1. The van der Waals surface area contributed by atoms with Gasteiger partial charge in [-0.25, -0.2) is 0 Å². The van der Waals surface area contributed by atoms with E-state index < -0.39 is 0 Å². The highest BCUT2D eigenvalue weighted by Crippen LogP contribution is 2.27. The monoisotopic (exact) mass is 256 g/mol. The van der Waals surface area contributed by atoms with Crippen molar-refractivity contribution in [3.8, 4) is 0 Å².